The zero-order valence-electron chi connectivity index (χ0n) is 8.45. The molecule has 0 atom stereocenters. The summed E-state index contributed by atoms with van der Waals surface area (Å²) in [6.45, 7) is 0. The van der Waals surface area contributed by atoms with Crippen LogP contribution in [0.2, 0.25) is 5.02 Å². The monoisotopic (exact) mass is 316 g/mol. The molecule has 1 aromatic carbocycles. The highest BCUT2D eigenvalue weighted by molar-refractivity contribution is 9.10. The molecule has 0 aliphatic heterocycles. The quantitative estimate of drug-likeness (QED) is 0.851. The van der Waals surface area contributed by atoms with Gasteiger partial charge in [-0.15, -0.1) is 0 Å². The number of halogens is 3. The van der Waals surface area contributed by atoms with Crippen LogP contribution in [0, 0.1) is 5.82 Å². The smallest absolute Gasteiger partial charge is 0.255 e. The number of hydrogen-bond acceptors (Lipinski definition) is 3. The molecule has 2 aromatic rings. The molecular weight excluding hydrogens is 310 g/mol. The maximum atomic E-state index is 13.5. The molecule has 88 valence electrons. The second kappa shape index (κ2) is 4.89. The van der Waals surface area contributed by atoms with Crippen LogP contribution in [0.15, 0.2) is 34.9 Å². The molecule has 6 heteroatoms. The molecule has 0 aliphatic carbocycles. The van der Waals surface area contributed by atoms with Crippen LogP contribution < -0.4 is 10.5 Å². The highest BCUT2D eigenvalue weighted by atomic mass is 79.9. The number of nitrogens with zero attached hydrogens (tertiary/aromatic N) is 1. The zero-order valence-corrected chi connectivity index (χ0v) is 10.8. The maximum Gasteiger partial charge on any atom is 0.255 e. The third-order valence-corrected chi connectivity index (χ3v) is 2.67. The molecule has 1 aromatic heterocycles. The Kier molecular flexibility index (Phi) is 3.49. The number of nitrogen functional groups attached to an aromatic ring is 1. The van der Waals surface area contributed by atoms with Gasteiger partial charge in [-0.2, -0.15) is 0 Å². The van der Waals surface area contributed by atoms with Gasteiger partial charge in [-0.1, -0.05) is 11.6 Å². The molecule has 2 rings (SSSR count). The molecule has 0 unspecified atom stereocenters. The van der Waals surface area contributed by atoms with Crippen LogP contribution in [0.1, 0.15) is 0 Å². The van der Waals surface area contributed by atoms with Crippen LogP contribution in [0.5, 0.6) is 11.6 Å². The Morgan fingerprint density at radius 2 is 2.12 bits per heavy atom. The number of aromatic nitrogens is 1. The van der Waals surface area contributed by atoms with Crippen molar-refractivity contribution in [3.05, 3.63) is 45.8 Å². The van der Waals surface area contributed by atoms with Crippen molar-refractivity contribution in [3.63, 3.8) is 0 Å². The maximum absolute atomic E-state index is 13.5. The van der Waals surface area contributed by atoms with Gasteiger partial charge in [0.05, 0.1) is 5.02 Å². The lowest BCUT2D eigenvalue weighted by atomic mass is 10.3. The van der Waals surface area contributed by atoms with Crippen LogP contribution in [-0.2, 0) is 0 Å². The van der Waals surface area contributed by atoms with E-state index in [0.29, 0.717) is 20.9 Å². The van der Waals surface area contributed by atoms with E-state index in [2.05, 4.69) is 20.9 Å². The summed E-state index contributed by atoms with van der Waals surface area (Å²) in [6, 6.07) is 5.94. The van der Waals surface area contributed by atoms with Gasteiger partial charge in [0.25, 0.3) is 5.88 Å². The Morgan fingerprint density at radius 3 is 2.76 bits per heavy atom. The summed E-state index contributed by atoms with van der Waals surface area (Å²) in [5, 5.41) is 0.300. The van der Waals surface area contributed by atoms with E-state index in [-0.39, 0.29) is 5.88 Å². The minimum Gasteiger partial charge on any atom is -0.435 e. The molecule has 0 spiro atoms. The first-order chi connectivity index (χ1) is 8.06. The van der Waals surface area contributed by atoms with Gasteiger partial charge < -0.3 is 10.5 Å². The topological polar surface area (TPSA) is 48.1 Å². The Hall–Kier alpha value is -1.33. The predicted molar refractivity (Wildman–Crippen MR) is 67.8 cm³/mol. The van der Waals surface area contributed by atoms with Gasteiger partial charge in [0.15, 0.2) is 5.82 Å². The van der Waals surface area contributed by atoms with Gasteiger partial charge in [-0.05, 0) is 40.2 Å². The van der Waals surface area contributed by atoms with Crippen LogP contribution in [0.25, 0.3) is 0 Å². The zero-order chi connectivity index (χ0) is 12.4. The summed E-state index contributed by atoms with van der Waals surface area (Å²) in [5.41, 5.74) is 6.04. The van der Waals surface area contributed by atoms with E-state index in [1.54, 1.807) is 12.1 Å². The fourth-order valence-corrected chi connectivity index (χ4v) is 1.71. The first-order valence-corrected chi connectivity index (χ1v) is 5.77. The average Bonchev–Trinajstić information content (AvgIpc) is 2.25. The molecule has 0 amide bonds. The van der Waals surface area contributed by atoms with Crippen molar-refractivity contribution in [3.8, 4) is 11.6 Å². The van der Waals surface area contributed by atoms with Crippen molar-refractivity contribution in [1.82, 2.24) is 4.98 Å². The molecular formula is C11H7BrClFN2O. The molecule has 0 saturated carbocycles. The van der Waals surface area contributed by atoms with Crippen molar-refractivity contribution in [2.45, 2.75) is 0 Å². The number of rotatable bonds is 2. The molecule has 0 aliphatic rings. The highest BCUT2D eigenvalue weighted by Gasteiger charge is 2.09. The number of benzene rings is 1. The molecule has 0 saturated heterocycles. The second-order valence-corrected chi connectivity index (χ2v) is 4.56. The van der Waals surface area contributed by atoms with Crippen molar-refractivity contribution >= 4 is 33.2 Å². The van der Waals surface area contributed by atoms with Gasteiger partial charge >= 0.3 is 0 Å². The summed E-state index contributed by atoms with van der Waals surface area (Å²) in [4.78, 5) is 3.80. The summed E-state index contributed by atoms with van der Waals surface area (Å²) >= 11 is 9.00. The van der Waals surface area contributed by atoms with Crippen LogP contribution in [-0.4, -0.2) is 4.98 Å². The molecule has 0 bridgehead atoms. The van der Waals surface area contributed by atoms with E-state index < -0.39 is 5.82 Å². The minimum atomic E-state index is -0.577. The SMILES string of the molecule is Nc1ccc(Oc2ncc(Br)cc2F)c(Cl)c1. The number of ether oxygens (including phenoxy) is 1. The van der Waals surface area contributed by atoms with E-state index >= 15 is 0 Å². The summed E-state index contributed by atoms with van der Waals surface area (Å²) in [7, 11) is 0. The fourth-order valence-electron chi connectivity index (χ4n) is 1.18. The van der Waals surface area contributed by atoms with Crippen molar-refractivity contribution in [1.29, 1.82) is 0 Å². The lowest BCUT2D eigenvalue weighted by Gasteiger charge is -2.07. The summed E-state index contributed by atoms with van der Waals surface area (Å²) in [6.07, 6.45) is 1.43. The Morgan fingerprint density at radius 1 is 1.35 bits per heavy atom. The first kappa shape index (κ1) is 12.1. The Balaban J connectivity index is 2.31. The van der Waals surface area contributed by atoms with E-state index in [1.807, 2.05) is 0 Å². The minimum absolute atomic E-state index is 0.139. The van der Waals surface area contributed by atoms with Crippen LogP contribution in [0.3, 0.4) is 0 Å². The van der Waals surface area contributed by atoms with E-state index in [0.717, 1.165) is 0 Å². The first-order valence-electron chi connectivity index (χ1n) is 4.60. The molecule has 1 heterocycles. The lowest BCUT2D eigenvalue weighted by Crippen LogP contribution is -1.93. The molecule has 3 nitrogen and oxygen atoms in total. The van der Waals surface area contributed by atoms with Crippen molar-refractivity contribution in [2.24, 2.45) is 0 Å². The standard InChI is InChI=1S/C11H7BrClFN2O/c12-6-3-9(14)11(16-5-6)17-10-2-1-7(15)4-8(10)13/h1-5H,15H2. The van der Waals surface area contributed by atoms with Gasteiger partial charge in [-0.25, -0.2) is 9.37 Å². The normalized spacial score (nSPS) is 10.3. The average molecular weight is 318 g/mol. The van der Waals surface area contributed by atoms with Crippen molar-refractivity contribution in [2.75, 3.05) is 5.73 Å². The number of hydrogen-bond donors (Lipinski definition) is 1. The van der Waals surface area contributed by atoms with Gasteiger partial charge in [0.1, 0.15) is 5.75 Å². The van der Waals surface area contributed by atoms with Gasteiger partial charge in [0.2, 0.25) is 0 Å². The van der Waals surface area contributed by atoms with E-state index in [4.69, 9.17) is 22.1 Å². The third-order valence-electron chi connectivity index (χ3n) is 1.94. The summed E-state index contributed by atoms with van der Waals surface area (Å²) < 4.78 is 19.3. The predicted octanol–water partition coefficient (Wildman–Crippen LogP) is 4.01. The lowest BCUT2D eigenvalue weighted by molar-refractivity contribution is 0.422. The largest absolute Gasteiger partial charge is 0.435 e. The van der Waals surface area contributed by atoms with Crippen LogP contribution >= 0.6 is 27.5 Å². The molecule has 0 fully saturated rings. The number of nitrogens with two attached hydrogens (primary N) is 1. The number of anilines is 1. The Bertz CT molecular complexity index is 516. The van der Waals surface area contributed by atoms with Crippen LogP contribution in [0.4, 0.5) is 10.1 Å². The fraction of sp³-hybridized carbons (Fsp3) is 0. The number of pyridine rings is 1. The molecule has 0 radical (unpaired) electrons. The molecule has 2 N–H and O–H groups in total. The second-order valence-electron chi connectivity index (χ2n) is 3.23. The highest BCUT2D eigenvalue weighted by Crippen LogP contribution is 2.31. The van der Waals surface area contributed by atoms with E-state index in [9.17, 15) is 4.39 Å². The van der Waals surface area contributed by atoms with E-state index in [1.165, 1.54) is 18.3 Å². The van der Waals surface area contributed by atoms with Crippen molar-refractivity contribution < 1.29 is 9.13 Å². The van der Waals surface area contributed by atoms with Gasteiger partial charge in [0, 0.05) is 16.4 Å². The third kappa shape index (κ3) is 2.87. The van der Waals surface area contributed by atoms with Gasteiger partial charge in [-0.3, -0.25) is 0 Å². The molecule has 17 heavy (non-hydrogen) atoms. The summed E-state index contributed by atoms with van der Waals surface area (Å²) in [5.74, 6) is -0.415. The Labute approximate surface area is 110 Å².